The molecule has 5 saturated heterocycles. The first-order valence-electron chi connectivity index (χ1n) is 21.2. The van der Waals surface area contributed by atoms with Crippen LogP contribution in [0.2, 0.25) is 0 Å². The molecule has 12 heteroatoms. The third kappa shape index (κ3) is 8.18. The van der Waals surface area contributed by atoms with Crippen molar-refractivity contribution >= 4 is 27.4 Å². The Morgan fingerprint density at radius 2 is 1.57 bits per heavy atom. The lowest BCUT2D eigenvalue weighted by Gasteiger charge is -2.54. The molecule has 5 aliphatic heterocycles. The van der Waals surface area contributed by atoms with Crippen molar-refractivity contribution < 1.29 is 27.1 Å². The van der Waals surface area contributed by atoms with Crippen molar-refractivity contribution in [2.24, 2.45) is 23.7 Å². The summed E-state index contributed by atoms with van der Waals surface area (Å²) >= 11 is 0. The third-order valence-corrected chi connectivity index (χ3v) is 16.4. The van der Waals surface area contributed by atoms with Gasteiger partial charge < -0.3 is 24.3 Å². The van der Waals surface area contributed by atoms with E-state index in [4.69, 9.17) is 4.74 Å². The van der Waals surface area contributed by atoms with Gasteiger partial charge in [0.25, 0.3) is 0 Å². The third-order valence-electron chi connectivity index (χ3n) is 14.3. The van der Waals surface area contributed by atoms with Crippen molar-refractivity contribution in [3.05, 3.63) is 72.1 Å². The number of ether oxygens (including phenoxy) is 1. The van der Waals surface area contributed by atoms with Gasteiger partial charge in [0.15, 0.2) is 9.84 Å². The lowest BCUT2D eigenvalue weighted by molar-refractivity contribution is -0.142. The van der Waals surface area contributed by atoms with E-state index >= 15 is 4.39 Å². The number of rotatable bonds is 15. The predicted octanol–water partition coefficient (Wildman–Crippen LogP) is 4.84. The molecule has 56 heavy (non-hydrogen) atoms. The van der Waals surface area contributed by atoms with E-state index in [1.54, 1.807) is 35.2 Å². The van der Waals surface area contributed by atoms with E-state index < -0.39 is 15.1 Å². The minimum absolute atomic E-state index is 0.113. The normalized spacial score (nSPS) is 25.7. The molecule has 0 aromatic heterocycles. The molecule has 0 radical (unpaired) electrons. The van der Waals surface area contributed by atoms with Crippen LogP contribution < -0.4 is 4.90 Å². The summed E-state index contributed by atoms with van der Waals surface area (Å²) in [6.45, 7) is 11.4. The van der Waals surface area contributed by atoms with Gasteiger partial charge in [0.2, 0.25) is 5.91 Å². The molecule has 5 heterocycles. The van der Waals surface area contributed by atoms with Gasteiger partial charge in [-0.1, -0.05) is 24.6 Å². The highest BCUT2D eigenvalue weighted by Crippen LogP contribution is 2.54. The number of esters is 1. The van der Waals surface area contributed by atoms with E-state index in [-0.39, 0.29) is 42.1 Å². The summed E-state index contributed by atoms with van der Waals surface area (Å²) < 4.78 is 46.9. The van der Waals surface area contributed by atoms with Crippen LogP contribution in [0, 0.1) is 29.5 Å². The number of hydrogen-bond acceptors (Lipinski definition) is 9. The van der Waals surface area contributed by atoms with Gasteiger partial charge in [0.05, 0.1) is 12.0 Å². The Bertz CT molecular complexity index is 1830. The number of anilines is 1. The number of nitrogens with zero attached hydrogens (tertiary/aromatic N) is 5. The standard InChI is InChI=1S/C44H60FN5O5S/c1-55-43(52)25-34-7-2-10-41(34)44(32-48-21-6-22-48,36-8-3-9-37(45)26-36)35-16-23-47(24-17-35)27-33-28-49(29-33)38-12-14-39(15-13-38)56(53,54)40-30-50(31-40)42(51)11-4-18-46-19-5-20-46/h3-4,8-9,11-15,26,33-35,40-41H,2,5-7,10,16-25,27-32H2,1H3/b11-4+/t34-,41+,44+/m1/s1. The molecule has 1 amide bonds. The van der Waals surface area contributed by atoms with Gasteiger partial charge in [0.1, 0.15) is 11.1 Å². The zero-order chi connectivity index (χ0) is 38.9. The van der Waals surface area contributed by atoms with Crippen molar-refractivity contribution in [3.8, 4) is 0 Å². The van der Waals surface area contributed by atoms with Gasteiger partial charge in [0, 0.05) is 75.3 Å². The Balaban J connectivity index is 0.853. The van der Waals surface area contributed by atoms with Crippen LogP contribution in [0.25, 0.3) is 0 Å². The molecule has 2 aromatic carbocycles. The lowest BCUT2D eigenvalue weighted by Crippen LogP contribution is -2.58. The zero-order valence-electron chi connectivity index (χ0n) is 33.1. The van der Waals surface area contributed by atoms with Gasteiger partial charge in [-0.3, -0.25) is 14.5 Å². The first-order valence-corrected chi connectivity index (χ1v) is 22.7. The number of carbonyl (C=O) groups is 2. The minimum atomic E-state index is -3.51. The van der Waals surface area contributed by atoms with E-state index in [9.17, 15) is 18.0 Å². The molecule has 304 valence electrons. The maximum absolute atomic E-state index is 15.0. The molecule has 0 N–H and O–H groups in total. The van der Waals surface area contributed by atoms with Crippen LogP contribution in [0.3, 0.4) is 0 Å². The fourth-order valence-electron chi connectivity index (χ4n) is 10.8. The number of likely N-dealkylation sites (tertiary alicyclic amines) is 4. The van der Waals surface area contributed by atoms with E-state index in [1.165, 1.54) is 20.0 Å². The number of methoxy groups -OCH3 is 1. The van der Waals surface area contributed by atoms with Crippen LogP contribution in [-0.4, -0.2) is 137 Å². The first kappa shape index (κ1) is 39.5. The summed E-state index contributed by atoms with van der Waals surface area (Å²) in [6.07, 6.45) is 11.6. The quantitative estimate of drug-likeness (QED) is 0.186. The number of piperidine rings is 1. The molecule has 2 aromatic rings. The highest BCUT2D eigenvalue weighted by atomic mass is 32.2. The molecule has 6 fully saturated rings. The monoisotopic (exact) mass is 789 g/mol. The summed E-state index contributed by atoms with van der Waals surface area (Å²) in [5.74, 6) is 1.06. The van der Waals surface area contributed by atoms with Crippen molar-refractivity contribution in [1.29, 1.82) is 0 Å². The van der Waals surface area contributed by atoms with Gasteiger partial charge in [-0.25, -0.2) is 12.8 Å². The summed E-state index contributed by atoms with van der Waals surface area (Å²) in [4.78, 5) is 36.8. The van der Waals surface area contributed by atoms with E-state index in [1.807, 2.05) is 24.3 Å². The van der Waals surface area contributed by atoms with E-state index in [0.717, 1.165) is 115 Å². The van der Waals surface area contributed by atoms with E-state index in [0.29, 0.717) is 29.1 Å². The van der Waals surface area contributed by atoms with E-state index in [2.05, 4.69) is 25.7 Å². The van der Waals surface area contributed by atoms with Crippen molar-refractivity contribution in [3.63, 3.8) is 0 Å². The Hall–Kier alpha value is -3.32. The second kappa shape index (κ2) is 16.9. The summed E-state index contributed by atoms with van der Waals surface area (Å²) in [5.41, 5.74) is 1.95. The van der Waals surface area contributed by atoms with Crippen molar-refractivity contribution in [2.75, 3.05) is 97.1 Å². The summed E-state index contributed by atoms with van der Waals surface area (Å²) in [6, 6.07) is 14.7. The molecule has 0 spiro atoms. The average Bonchev–Trinajstić information content (AvgIpc) is 3.58. The number of carbonyl (C=O) groups excluding carboxylic acids is 2. The van der Waals surface area contributed by atoms with Crippen molar-refractivity contribution in [1.82, 2.24) is 19.6 Å². The Morgan fingerprint density at radius 3 is 2.21 bits per heavy atom. The summed E-state index contributed by atoms with van der Waals surface area (Å²) in [5, 5.41) is -0.562. The molecular formula is C44H60FN5O5S. The molecule has 1 aliphatic carbocycles. The fraction of sp³-hybridized carbons (Fsp3) is 0.636. The minimum Gasteiger partial charge on any atom is -0.469 e. The fourth-order valence-corrected chi connectivity index (χ4v) is 12.4. The molecule has 6 aliphatic rings. The SMILES string of the molecule is COC(=O)C[C@H]1CCC[C@@H]1[C@](CN1CCC1)(c1cccc(F)c1)C1CCN(CC2CN(c3ccc(S(=O)(=O)C4CN(C(=O)/C=C/CN5CCC5)C4)cc3)C2)CC1. The van der Waals surface area contributed by atoms with Crippen LogP contribution in [0.4, 0.5) is 10.1 Å². The van der Waals surface area contributed by atoms with Crippen LogP contribution in [0.5, 0.6) is 0 Å². The van der Waals surface area contributed by atoms with Crippen LogP contribution in [-0.2, 0) is 29.6 Å². The second-order valence-electron chi connectivity index (χ2n) is 17.6. The van der Waals surface area contributed by atoms with Gasteiger partial charge in [-0.05, 0) is 138 Å². The molecule has 8 rings (SSSR count). The Labute approximate surface area is 332 Å². The topological polar surface area (TPSA) is 93.7 Å². The highest BCUT2D eigenvalue weighted by Gasteiger charge is 2.53. The molecule has 3 atom stereocenters. The average molecular weight is 790 g/mol. The Morgan fingerprint density at radius 1 is 0.857 bits per heavy atom. The molecule has 1 saturated carbocycles. The Kier molecular flexibility index (Phi) is 11.9. The number of hydrogen-bond donors (Lipinski definition) is 0. The van der Waals surface area contributed by atoms with Crippen molar-refractivity contribution in [2.45, 2.75) is 66.9 Å². The number of amides is 1. The number of sulfone groups is 1. The number of halogens is 1. The zero-order valence-corrected chi connectivity index (χ0v) is 33.9. The first-order chi connectivity index (χ1) is 27.1. The van der Waals surface area contributed by atoms with Crippen LogP contribution in [0.1, 0.15) is 56.9 Å². The molecule has 10 nitrogen and oxygen atoms in total. The maximum atomic E-state index is 15.0. The second-order valence-corrected chi connectivity index (χ2v) is 19.8. The van der Waals surface area contributed by atoms with Gasteiger partial charge >= 0.3 is 5.97 Å². The lowest BCUT2D eigenvalue weighted by atomic mass is 9.56. The molecular weight excluding hydrogens is 730 g/mol. The molecule has 0 bridgehead atoms. The van der Waals surface area contributed by atoms with Gasteiger partial charge in [-0.2, -0.15) is 0 Å². The molecule has 0 unspecified atom stereocenters. The van der Waals surface area contributed by atoms with Crippen LogP contribution >= 0.6 is 0 Å². The summed E-state index contributed by atoms with van der Waals surface area (Å²) in [7, 11) is -2.02. The predicted molar refractivity (Wildman–Crippen MR) is 216 cm³/mol. The van der Waals surface area contributed by atoms with Gasteiger partial charge in [-0.15, -0.1) is 0 Å². The smallest absolute Gasteiger partial charge is 0.305 e. The highest BCUT2D eigenvalue weighted by molar-refractivity contribution is 7.92. The number of benzene rings is 2. The maximum Gasteiger partial charge on any atom is 0.305 e. The largest absolute Gasteiger partial charge is 0.469 e. The van der Waals surface area contributed by atoms with Crippen LogP contribution in [0.15, 0.2) is 65.6 Å².